The Morgan fingerprint density at radius 3 is 1.77 bits per heavy atom. The minimum atomic E-state index is -5.08. The highest BCUT2D eigenvalue weighted by Gasteiger charge is 2.38. The van der Waals surface area contributed by atoms with E-state index in [1.165, 1.54) is 7.11 Å². The minimum absolute atomic E-state index is 0.0985. The molecule has 0 radical (unpaired) electrons. The van der Waals surface area contributed by atoms with Crippen LogP contribution in [0.3, 0.4) is 0 Å². The molecular weight excluding hydrogens is 596 g/mol. The lowest BCUT2D eigenvalue weighted by Crippen LogP contribution is -2.21. The molecule has 0 saturated carbocycles. The third-order valence-corrected chi connectivity index (χ3v) is 4.88. The van der Waals surface area contributed by atoms with Crippen LogP contribution in [0.4, 0.5) is 42.5 Å². The van der Waals surface area contributed by atoms with Crippen molar-refractivity contribution < 1.29 is 60.5 Å². The number of nitrogens with two attached hydrogens (primary N) is 2. The number of nitrogens with one attached hydrogen (secondary N) is 3. The molecule has 3 aromatic rings. The molecule has 0 heterocycles. The van der Waals surface area contributed by atoms with Crippen LogP contribution >= 0.6 is 0 Å². The first kappa shape index (κ1) is 35.6. The number of nitrogen functional groups attached to an aromatic ring is 1. The van der Waals surface area contributed by atoms with Gasteiger partial charge < -0.3 is 31.7 Å². The number of fused-ring (bicyclic) bond motifs is 1. The highest BCUT2D eigenvalue weighted by molar-refractivity contribution is 6.11. The molecular formula is C25H23F6N5O7. The largest absolute Gasteiger partial charge is 0.490 e. The first-order valence-corrected chi connectivity index (χ1v) is 11.3. The molecule has 0 atom stereocenters. The minimum Gasteiger partial charge on any atom is -0.475 e. The molecule has 232 valence electrons. The molecule has 0 aliphatic rings. The van der Waals surface area contributed by atoms with Gasteiger partial charge in [-0.2, -0.15) is 26.3 Å². The van der Waals surface area contributed by atoms with Crippen molar-refractivity contribution in [3.63, 3.8) is 0 Å². The number of hydrogen-bond acceptors (Lipinski definition) is 7. The van der Waals surface area contributed by atoms with Crippen molar-refractivity contribution in [3.8, 4) is 0 Å². The van der Waals surface area contributed by atoms with Gasteiger partial charge in [0.05, 0.1) is 12.8 Å². The summed E-state index contributed by atoms with van der Waals surface area (Å²) >= 11 is 0. The number of amides is 2. The van der Waals surface area contributed by atoms with Gasteiger partial charge in [0.1, 0.15) is 5.84 Å². The number of rotatable bonds is 5. The molecule has 2 amide bonds. The molecule has 0 fully saturated rings. The molecule has 43 heavy (non-hydrogen) atoms. The van der Waals surface area contributed by atoms with Gasteiger partial charge in [0.25, 0.3) is 5.91 Å². The Morgan fingerprint density at radius 1 is 0.837 bits per heavy atom. The third kappa shape index (κ3) is 11.6. The molecule has 0 aromatic heterocycles. The van der Waals surface area contributed by atoms with E-state index >= 15 is 0 Å². The van der Waals surface area contributed by atoms with Gasteiger partial charge in [0.15, 0.2) is 0 Å². The van der Waals surface area contributed by atoms with E-state index in [0.717, 1.165) is 5.56 Å². The average molecular weight is 619 g/mol. The topological polar surface area (TPSA) is 218 Å². The Bertz CT molecular complexity index is 1470. The maximum absolute atomic E-state index is 12.8. The number of halogens is 6. The molecule has 0 saturated heterocycles. The summed E-state index contributed by atoms with van der Waals surface area (Å²) in [5.74, 6) is -5.95. The standard InChI is InChI=1S/C21H21N5O3.2C2HF3O2/c1-29-21(28)26-18-10-15(8-13-4-5-14(19(23)24)9-17(13)18)20(27)25-16-6-2-12(11-22)3-7-16;2*3-2(4,5)1(6)7/h2-10H,11,22H2,1H3,(H3,23,24)(H,25,27)(H,26,28);2*(H,6,7). The van der Waals surface area contributed by atoms with E-state index in [1.807, 2.05) is 12.1 Å². The first-order chi connectivity index (χ1) is 19.8. The zero-order chi connectivity index (χ0) is 33.1. The number of hydrogen-bond donors (Lipinski definition) is 7. The van der Waals surface area contributed by atoms with Crippen LogP contribution in [0.1, 0.15) is 21.5 Å². The predicted molar refractivity (Wildman–Crippen MR) is 141 cm³/mol. The number of aliphatic carboxylic acids is 2. The monoisotopic (exact) mass is 619 g/mol. The van der Waals surface area contributed by atoms with Gasteiger partial charge >= 0.3 is 30.4 Å². The lowest BCUT2D eigenvalue weighted by molar-refractivity contribution is -0.193. The maximum atomic E-state index is 12.8. The fourth-order valence-electron chi connectivity index (χ4n) is 2.85. The smallest absolute Gasteiger partial charge is 0.475 e. The van der Waals surface area contributed by atoms with Crippen molar-refractivity contribution in [2.75, 3.05) is 17.7 Å². The second-order valence-electron chi connectivity index (χ2n) is 7.95. The van der Waals surface area contributed by atoms with E-state index < -0.39 is 30.4 Å². The molecule has 0 unspecified atom stereocenters. The highest BCUT2D eigenvalue weighted by atomic mass is 19.4. The summed E-state index contributed by atoms with van der Waals surface area (Å²) in [6.45, 7) is 0.420. The molecule has 12 nitrogen and oxygen atoms in total. The second-order valence-corrected chi connectivity index (χ2v) is 7.95. The Labute approximate surface area is 237 Å². The number of amidine groups is 1. The van der Waals surface area contributed by atoms with Crippen molar-refractivity contribution in [2.24, 2.45) is 11.5 Å². The highest BCUT2D eigenvalue weighted by Crippen LogP contribution is 2.28. The maximum Gasteiger partial charge on any atom is 0.490 e. The van der Waals surface area contributed by atoms with E-state index in [2.05, 4.69) is 15.4 Å². The van der Waals surface area contributed by atoms with Crippen LogP contribution in [0.15, 0.2) is 54.6 Å². The van der Waals surface area contributed by atoms with Crippen molar-refractivity contribution in [1.82, 2.24) is 0 Å². The summed E-state index contributed by atoms with van der Waals surface area (Å²) < 4.78 is 68.1. The number of anilines is 2. The quantitative estimate of drug-likeness (QED) is 0.123. The lowest BCUT2D eigenvalue weighted by Gasteiger charge is -2.13. The molecule has 0 aliphatic heterocycles. The zero-order valence-corrected chi connectivity index (χ0v) is 21.8. The lowest BCUT2D eigenvalue weighted by atomic mass is 10.0. The normalized spacial score (nSPS) is 10.7. The fraction of sp³-hybridized carbons (Fsp3) is 0.160. The zero-order valence-electron chi connectivity index (χ0n) is 21.8. The van der Waals surface area contributed by atoms with Crippen LogP contribution in [0.5, 0.6) is 0 Å². The van der Waals surface area contributed by atoms with Crippen LogP contribution in [0, 0.1) is 5.41 Å². The summed E-state index contributed by atoms with van der Waals surface area (Å²) in [5, 5.41) is 28.6. The van der Waals surface area contributed by atoms with Crippen molar-refractivity contribution in [2.45, 2.75) is 18.9 Å². The van der Waals surface area contributed by atoms with Crippen molar-refractivity contribution in [1.29, 1.82) is 5.41 Å². The van der Waals surface area contributed by atoms with Gasteiger partial charge in [-0.15, -0.1) is 0 Å². The first-order valence-electron chi connectivity index (χ1n) is 11.3. The molecule has 0 aliphatic carbocycles. The van der Waals surface area contributed by atoms with Crippen LogP contribution < -0.4 is 22.1 Å². The Hall–Kier alpha value is -5.39. The SMILES string of the molecule is COC(=O)Nc1cc(C(=O)Nc2ccc(CN)cc2)cc2ccc(C(=N)N)cc12.O=C(O)C(F)(F)F.O=C(O)C(F)(F)F. The van der Waals surface area contributed by atoms with Crippen molar-refractivity contribution in [3.05, 3.63) is 71.3 Å². The van der Waals surface area contributed by atoms with Crippen LogP contribution in [0.2, 0.25) is 0 Å². The van der Waals surface area contributed by atoms with E-state index in [9.17, 15) is 35.9 Å². The summed E-state index contributed by atoms with van der Waals surface area (Å²) in [6, 6.07) is 15.6. The number of carboxylic acid groups (broad SMARTS) is 2. The van der Waals surface area contributed by atoms with Gasteiger partial charge in [-0.1, -0.05) is 24.3 Å². The number of benzene rings is 3. The Kier molecular flexibility index (Phi) is 12.4. The molecule has 0 spiro atoms. The van der Waals surface area contributed by atoms with Gasteiger partial charge in [-0.3, -0.25) is 15.5 Å². The predicted octanol–water partition coefficient (Wildman–Crippen LogP) is 4.28. The molecule has 0 bridgehead atoms. The summed E-state index contributed by atoms with van der Waals surface area (Å²) in [4.78, 5) is 42.3. The molecule has 3 aromatic carbocycles. The molecule has 9 N–H and O–H groups in total. The van der Waals surface area contributed by atoms with Gasteiger partial charge in [-0.05, 0) is 41.3 Å². The summed E-state index contributed by atoms with van der Waals surface area (Å²) in [6.07, 6.45) is -10.8. The van der Waals surface area contributed by atoms with E-state index in [0.29, 0.717) is 39.8 Å². The molecule has 18 heteroatoms. The van der Waals surface area contributed by atoms with E-state index in [4.69, 9.17) is 36.7 Å². The Morgan fingerprint density at radius 2 is 1.35 bits per heavy atom. The number of alkyl halides is 6. The second kappa shape index (κ2) is 15.0. The Balaban J connectivity index is 0.000000548. The number of carbonyl (C=O) groups is 4. The van der Waals surface area contributed by atoms with Crippen LogP contribution in [-0.2, 0) is 20.9 Å². The van der Waals surface area contributed by atoms with Crippen LogP contribution in [-0.4, -0.2) is 59.5 Å². The molecule has 3 rings (SSSR count). The number of methoxy groups -OCH3 is 1. The fourth-order valence-corrected chi connectivity index (χ4v) is 2.85. The van der Waals surface area contributed by atoms with E-state index in [-0.39, 0.29) is 11.7 Å². The average Bonchev–Trinajstić information content (AvgIpc) is 2.92. The van der Waals surface area contributed by atoms with E-state index in [1.54, 1.807) is 42.5 Å². The number of carbonyl (C=O) groups excluding carboxylic acids is 2. The van der Waals surface area contributed by atoms with Crippen LogP contribution in [0.25, 0.3) is 10.8 Å². The van der Waals surface area contributed by atoms with Gasteiger partial charge in [0, 0.05) is 28.7 Å². The number of ether oxygens (including phenoxy) is 1. The van der Waals surface area contributed by atoms with Gasteiger partial charge in [-0.25, -0.2) is 14.4 Å². The third-order valence-electron chi connectivity index (χ3n) is 4.88. The van der Waals surface area contributed by atoms with Gasteiger partial charge in [0.2, 0.25) is 0 Å². The van der Waals surface area contributed by atoms with Crippen molar-refractivity contribution >= 4 is 51.9 Å². The number of carboxylic acids is 2. The summed E-state index contributed by atoms with van der Waals surface area (Å²) in [7, 11) is 1.25. The summed E-state index contributed by atoms with van der Waals surface area (Å²) in [5.41, 5.74) is 14.0.